The van der Waals surface area contributed by atoms with E-state index in [4.69, 9.17) is 4.74 Å². The number of ether oxygens (including phenoxy) is 1. The quantitative estimate of drug-likeness (QED) is 0.316. The second-order valence-corrected chi connectivity index (χ2v) is 7.66. The van der Waals surface area contributed by atoms with Crippen molar-refractivity contribution in [3.63, 3.8) is 0 Å². The van der Waals surface area contributed by atoms with Gasteiger partial charge in [-0.1, -0.05) is 30.0 Å². The fourth-order valence-electron chi connectivity index (χ4n) is 2.92. The molecule has 1 aromatic heterocycles. The summed E-state index contributed by atoms with van der Waals surface area (Å²) in [6.45, 7) is 5.19. The highest BCUT2D eigenvalue weighted by atomic mass is 32.2. The number of carbonyl (C=O) groups is 1. The van der Waals surface area contributed by atoms with E-state index in [1.807, 2.05) is 13.0 Å². The monoisotopic (exact) mass is 429 g/mol. The summed E-state index contributed by atoms with van der Waals surface area (Å²) < 4.78 is 20.6. The Bertz CT molecular complexity index is 1100. The largest absolute Gasteiger partial charge is 0.382 e. The number of aryl methyl sites for hydroxylation is 1. The Hall–Kier alpha value is -2.71. The average molecular weight is 430 g/mol. The Kier molecular flexibility index (Phi) is 7.59. The second-order valence-electron chi connectivity index (χ2n) is 6.72. The molecule has 0 saturated heterocycles. The van der Waals surface area contributed by atoms with Gasteiger partial charge in [0.25, 0.3) is 5.56 Å². The first-order valence-electron chi connectivity index (χ1n) is 9.75. The van der Waals surface area contributed by atoms with Crippen molar-refractivity contribution in [3.8, 4) is 0 Å². The molecule has 0 saturated carbocycles. The number of fused-ring (bicyclic) bond motifs is 1. The van der Waals surface area contributed by atoms with Gasteiger partial charge in [0.05, 0.1) is 16.7 Å². The standard InChI is InChI=1S/C22H24FN3O3S/c1-3-29-12-6-11-26-21(28)17-7-4-5-8-19(17)25-22(26)30-14-20(27)24-16-10-9-15(2)18(23)13-16/h4-5,7-10,13H,3,6,11-12,14H2,1-2H3,(H,24,27). The molecular weight excluding hydrogens is 405 g/mol. The van der Waals surface area contributed by atoms with Crippen molar-refractivity contribution < 1.29 is 13.9 Å². The van der Waals surface area contributed by atoms with Crippen molar-refractivity contribution in [3.05, 3.63) is 64.2 Å². The van der Waals surface area contributed by atoms with Gasteiger partial charge in [0, 0.05) is 25.4 Å². The smallest absolute Gasteiger partial charge is 0.262 e. The van der Waals surface area contributed by atoms with Crippen LogP contribution < -0.4 is 10.9 Å². The van der Waals surface area contributed by atoms with E-state index >= 15 is 0 Å². The average Bonchev–Trinajstić information content (AvgIpc) is 2.74. The van der Waals surface area contributed by atoms with Gasteiger partial charge in [0.15, 0.2) is 5.16 Å². The molecular formula is C22H24FN3O3S. The molecule has 1 amide bonds. The van der Waals surface area contributed by atoms with E-state index in [1.165, 1.54) is 17.8 Å². The Morgan fingerprint density at radius 1 is 1.27 bits per heavy atom. The number of anilines is 1. The number of hydrogen-bond acceptors (Lipinski definition) is 5. The van der Waals surface area contributed by atoms with E-state index in [1.54, 1.807) is 41.8 Å². The Labute approximate surface area is 178 Å². The van der Waals surface area contributed by atoms with Crippen LogP contribution in [0.4, 0.5) is 10.1 Å². The predicted molar refractivity (Wildman–Crippen MR) is 118 cm³/mol. The summed E-state index contributed by atoms with van der Waals surface area (Å²) in [6, 6.07) is 11.7. The lowest BCUT2D eigenvalue weighted by atomic mass is 10.2. The maximum Gasteiger partial charge on any atom is 0.262 e. The molecule has 0 unspecified atom stereocenters. The summed E-state index contributed by atoms with van der Waals surface area (Å²) in [4.78, 5) is 29.9. The highest BCUT2D eigenvalue weighted by Crippen LogP contribution is 2.19. The Balaban J connectivity index is 1.76. The molecule has 3 rings (SSSR count). The lowest BCUT2D eigenvalue weighted by Gasteiger charge is -2.13. The number of para-hydroxylation sites is 1. The highest BCUT2D eigenvalue weighted by Gasteiger charge is 2.13. The summed E-state index contributed by atoms with van der Waals surface area (Å²) in [5.41, 5.74) is 1.36. The van der Waals surface area contributed by atoms with Gasteiger partial charge in [-0.05, 0) is 50.1 Å². The molecule has 0 fully saturated rings. The van der Waals surface area contributed by atoms with Crippen LogP contribution >= 0.6 is 11.8 Å². The summed E-state index contributed by atoms with van der Waals surface area (Å²) in [5.74, 6) is -0.627. The molecule has 2 aromatic carbocycles. The van der Waals surface area contributed by atoms with Gasteiger partial charge < -0.3 is 10.1 Å². The topological polar surface area (TPSA) is 73.2 Å². The highest BCUT2D eigenvalue weighted by molar-refractivity contribution is 7.99. The number of thioether (sulfide) groups is 1. The molecule has 8 heteroatoms. The first kappa shape index (κ1) is 22.0. The zero-order valence-corrected chi connectivity index (χ0v) is 17.8. The van der Waals surface area contributed by atoms with Crippen LogP contribution in [0.5, 0.6) is 0 Å². The van der Waals surface area contributed by atoms with Gasteiger partial charge in [-0.25, -0.2) is 9.37 Å². The van der Waals surface area contributed by atoms with Crippen molar-refractivity contribution in [2.24, 2.45) is 0 Å². The molecule has 6 nitrogen and oxygen atoms in total. The molecule has 0 aliphatic heterocycles. The fraction of sp³-hybridized carbons (Fsp3) is 0.318. The number of carbonyl (C=O) groups excluding carboxylic acids is 1. The van der Waals surface area contributed by atoms with Gasteiger partial charge in [0.2, 0.25) is 5.91 Å². The maximum absolute atomic E-state index is 13.7. The third kappa shape index (κ3) is 5.46. The first-order chi connectivity index (χ1) is 14.5. The van der Waals surface area contributed by atoms with Gasteiger partial charge >= 0.3 is 0 Å². The molecule has 0 bridgehead atoms. The number of amides is 1. The number of hydrogen-bond donors (Lipinski definition) is 1. The number of nitrogens with one attached hydrogen (secondary N) is 1. The van der Waals surface area contributed by atoms with Crippen LogP contribution in [0, 0.1) is 12.7 Å². The van der Waals surface area contributed by atoms with E-state index in [-0.39, 0.29) is 23.0 Å². The van der Waals surface area contributed by atoms with Gasteiger partial charge in [0.1, 0.15) is 5.82 Å². The Morgan fingerprint density at radius 3 is 2.83 bits per heavy atom. The molecule has 0 radical (unpaired) electrons. The minimum Gasteiger partial charge on any atom is -0.382 e. The summed E-state index contributed by atoms with van der Waals surface area (Å²) in [7, 11) is 0. The third-order valence-corrected chi connectivity index (χ3v) is 5.47. The van der Waals surface area contributed by atoms with Crippen molar-refractivity contribution in [2.75, 3.05) is 24.3 Å². The zero-order chi connectivity index (χ0) is 21.5. The lowest BCUT2D eigenvalue weighted by Crippen LogP contribution is -2.25. The fourth-order valence-corrected chi connectivity index (χ4v) is 3.75. The van der Waals surface area contributed by atoms with E-state index in [0.717, 1.165) is 0 Å². The van der Waals surface area contributed by atoms with Crippen molar-refractivity contribution in [1.82, 2.24) is 9.55 Å². The third-order valence-electron chi connectivity index (χ3n) is 4.49. The number of aromatic nitrogens is 2. The molecule has 3 aromatic rings. The van der Waals surface area contributed by atoms with E-state index < -0.39 is 0 Å². The van der Waals surface area contributed by atoms with Crippen LogP contribution in [-0.4, -0.2) is 34.4 Å². The molecule has 0 aliphatic rings. The van der Waals surface area contributed by atoms with Crippen molar-refractivity contribution in [1.29, 1.82) is 0 Å². The van der Waals surface area contributed by atoms with Crippen molar-refractivity contribution >= 4 is 34.3 Å². The SMILES string of the molecule is CCOCCCn1c(SCC(=O)Nc2ccc(C)c(F)c2)nc2ccccc2c1=O. The molecule has 0 aliphatic carbocycles. The summed E-state index contributed by atoms with van der Waals surface area (Å²) in [5, 5.41) is 3.69. The second kappa shape index (κ2) is 10.4. The van der Waals surface area contributed by atoms with Crippen molar-refractivity contribution in [2.45, 2.75) is 32.0 Å². The molecule has 30 heavy (non-hydrogen) atoms. The number of benzene rings is 2. The lowest BCUT2D eigenvalue weighted by molar-refractivity contribution is -0.113. The molecule has 0 spiro atoms. The molecule has 1 N–H and O–H groups in total. The van der Waals surface area contributed by atoms with E-state index in [9.17, 15) is 14.0 Å². The van der Waals surface area contributed by atoms with Crippen LogP contribution in [0.2, 0.25) is 0 Å². The molecule has 1 heterocycles. The predicted octanol–water partition coefficient (Wildman–Crippen LogP) is 4.00. The molecule has 158 valence electrons. The van der Waals surface area contributed by atoms with Crippen LogP contribution in [0.1, 0.15) is 18.9 Å². The summed E-state index contributed by atoms with van der Waals surface area (Å²) in [6.07, 6.45) is 0.663. The van der Waals surface area contributed by atoms with Crippen LogP contribution in [0.25, 0.3) is 10.9 Å². The normalized spacial score (nSPS) is 11.0. The minimum atomic E-state index is -0.375. The number of rotatable bonds is 9. The number of nitrogens with zero attached hydrogens (tertiary/aromatic N) is 2. The minimum absolute atomic E-state index is 0.0474. The molecule has 0 atom stereocenters. The summed E-state index contributed by atoms with van der Waals surface area (Å²) >= 11 is 1.18. The van der Waals surface area contributed by atoms with Crippen LogP contribution in [0.15, 0.2) is 52.4 Å². The first-order valence-corrected chi connectivity index (χ1v) is 10.7. The van der Waals surface area contributed by atoms with Gasteiger partial charge in [-0.3, -0.25) is 14.2 Å². The van der Waals surface area contributed by atoms with E-state index in [0.29, 0.717) is 53.5 Å². The Morgan fingerprint density at radius 2 is 2.07 bits per heavy atom. The number of halogens is 1. The maximum atomic E-state index is 13.7. The van der Waals surface area contributed by atoms with E-state index in [2.05, 4.69) is 10.3 Å². The van der Waals surface area contributed by atoms with Gasteiger partial charge in [-0.2, -0.15) is 0 Å². The zero-order valence-electron chi connectivity index (χ0n) is 17.0. The van der Waals surface area contributed by atoms with Gasteiger partial charge in [-0.15, -0.1) is 0 Å². The van der Waals surface area contributed by atoms with Crippen LogP contribution in [0.3, 0.4) is 0 Å². The van der Waals surface area contributed by atoms with Crippen LogP contribution in [-0.2, 0) is 16.1 Å².